The van der Waals surface area contributed by atoms with Crippen LogP contribution < -0.4 is 5.32 Å². The lowest BCUT2D eigenvalue weighted by molar-refractivity contribution is 0.349. The molecular weight excluding hydrogens is 306 g/mol. The highest BCUT2D eigenvalue weighted by atomic mass is 32.2. The van der Waals surface area contributed by atoms with Crippen molar-refractivity contribution in [2.24, 2.45) is 4.99 Å². The second kappa shape index (κ2) is 6.23. The molecular formula is C13H23N5O3S. The predicted molar refractivity (Wildman–Crippen MR) is 83.3 cm³/mol. The van der Waals surface area contributed by atoms with Crippen molar-refractivity contribution in [3.63, 3.8) is 0 Å². The molecule has 1 aromatic rings. The largest absolute Gasteiger partial charge is 0.357 e. The summed E-state index contributed by atoms with van der Waals surface area (Å²) in [6.07, 6.45) is 0. The number of aryl methyl sites for hydroxylation is 1. The Morgan fingerprint density at radius 2 is 2.23 bits per heavy atom. The molecule has 8 nitrogen and oxygen atoms in total. The highest BCUT2D eigenvalue weighted by Gasteiger charge is 2.40. The van der Waals surface area contributed by atoms with Crippen LogP contribution in [0.1, 0.15) is 32.5 Å². The van der Waals surface area contributed by atoms with Crippen molar-refractivity contribution in [1.29, 1.82) is 0 Å². The van der Waals surface area contributed by atoms with Gasteiger partial charge in [-0.3, -0.25) is 0 Å². The molecule has 0 spiro atoms. The third kappa shape index (κ3) is 3.57. The van der Waals surface area contributed by atoms with E-state index in [2.05, 4.69) is 20.4 Å². The number of sulfone groups is 1. The van der Waals surface area contributed by atoms with Crippen LogP contribution in [0.25, 0.3) is 0 Å². The van der Waals surface area contributed by atoms with Crippen molar-refractivity contribution in [2.75, 3.05) is 25.4 Å². The summed E-state index contributed by atoms with van der Waals surface area (Å²) < 4.78 is 28.4. The monoisotopic (exact) mass is 329 g/mol. The molecule has 124 valence electrons. The van der Waals surface area contributed by atoms with Crippen LogP contribution in [-0.2, 0) is 16.4 Å². The first kappa shape index (κ1) is 16.7. The van der Waals surface area contributed by atoms with E-state index in [1.54, 1.807) is 20.8 Å². The highest BCUT2D eigenvalue weighted by molar-refractivity contribution is 7.92. The van der Waals surface area contributed by atoms with Crippen molar-refractivity contribution in [1.82, 2.24) is 20.4 Å². The van der Waals surface area contributed by atoms with Crippen LogP contribution in [-0.4, -0.2) is 59.6 Å². The molecule has 0 amide bonds. The summed E-state index contributed by atoms with van der Waals surface area (Å²) in [5.74, 6) is 1.81. The minimum Gasteiger partial charge on any atom is -0.357 e. The van der Waals surface area contributed by atoms with Crippen molar-refractivity contribution in [3.05, 3.63) is 11.7 Å². The molecule has 0 atom stereocenters. The van der Waals surface area contributed by atoms with Crippen molar-refractivity contribution < 1.29 is 12.9 Å². The highest BCUT2D eigenvalue weighted by Crippen LogP contribution is 2.23. The Morgan fingerprint density at radius 1 is 1.50 bits per heavy atom. The number of guanidine groups is 1. The van der Waals surface area contributed by atoms with Gasteiger partial charge in [0, 0.05) is 19.6 Å². The van der Waals surface area contributed by atoms with Gasteiger partial charge in [-0.1, -0.05) is 5.16 Å². The summed E-state index contributed by atoms with van der Waals surface area (Å²) in [4.78, 5) is 10.6. The summed E-state index contributed by atoms with van der Waals surface area (Å²) >= 11 is 0. The number of nitrogens with one attached hydrogen (secondary N) is 1. The maximum absolute atomic E-state index is 12.1. The smallest absolute Gasteiger partial charge is 0.248 e. The molecule has 0 aliphatic carbocycles. The molecule has 1 aromatic heterocycles. The zero-order valence-corrected chi connectivity index (χ0v) is 14.3. The van der Waals surface area contributed by atoms with Gasteiger partial charge in [-0.2, -0.15) is 4.98 Å². The Morgan fingerprint density at radius 3 is 2.77 bits per heavy atom. The molecule has 2 heterocycles. The predicted octanol–water partition coefficient (Wildman–Crippen LogP) is 0.353. The van der Waals surface area contributed by atoms with Crippen LogP contribution >= 0.6 is 0 Å². The molecule has 0 radical (unpaired) electrons. The summed E-state index contributed by atoms with van der Waals surface area (Å²) in [6.45, 7) is 9.03. The minimum absolute atomic E-state index is 0.129. The van der Waals surface area contributed by atoms with E-state index in [0.29, 0.717) is 37.3 Å². The summed E-state index contributed by atoms with van der Waals surface area (Å²) in [7, 11) is -3.07. The quantitative estimate of drug-likeness (QED) is 0.631. The van der Waals surface area contributed by atoms with Crippen molar-refractivity contribution in [3.8, 4) is 0 Å². The van der Waals surface area contributed by atoms with Crippen LogP contribution in [0, 0.1) is 6.92 Å². The molecule has 1 fully saturated rings. The van der Waals surface area contributed by atoms with E-state index >= 15 is 0 Å². The van der Waals surface area contributed by atoms with Gasteiger partial charge in [0.05, 0.1) is 10.5 Å². The SMILES string of the molecule is CCNC(=NCc1nc(C)no1)N1CCS(=O)(=O)C(C)(C)C1. The van der Waals surface area contributed by atoms with Gasteiger partial charge >= 0.3 is 0 Å². The van der Waals surface area contributed by atoms with Crippen LogP contribution in [0.15, 0.2) is 9.52 Å². The normalized spacial score (nSPS) is 20.9. The molecule has 1 saturated heterocycles. The van der Waals surface area contributed by atoms with Crippen molar-refractivity contribution >= 4 is 15.8 Å². The van der Waals surface area contributed by atoms with Crippen LogP contribution in [0.4, 0.5) is 0 Å². The number of aliphatic imine (C=N–C) groups is 1. The molecule has 1 N–H and O–H groups in total. The topological polar surface area (TPSA) is 101 Å². The van der Waals surface area contributed by atoms with Crippen molar-refractivity contribution in [2.45, 2.75) is 39.0 Å². The number of hydrogen-bond acceptors (Lipinski definition) is 6. The summed E-state index contributed by atoms with van der Waals surface area (Å²) in [6, 6.07) is 0. The van der Waals surface area contributed by atoms with Gasteiger partial charge < -0.3 is 14.7 Å². The van der Waals surface area contributed by atoms with Gasteiger partial charge in [-0.05, 0) is 27.7 Å². The molecule has 1 aliphatic heterocycles. The molecule has 0 bridgehead atoms. The Bertz CT molecular complexity index is 650. The average molecular weight is 329 g/mol. The average Bonchev–Trinajstić information content (AvgIpc) is 2.84. The molecule has 0 aromatic carbocycles. The maximum Gasteiger partial charge on any atom is 0.248 e. The third-order valence-electron chi connectivity index (χ3n) is 3.61. The second-order valence-electron chi connectivity index (χ2n) is 5.91. The molecule has 0 saturated carbocycles. The zero-order valence-electron chi connectivity index (χ0n) is 13.5. The minimum atomic E-state index is -3.07. The first-order chi connectivity index (χ1) is 10.2. The van der Waals surface area contributed by atoms with E-state index in [9.17, 15) is 8.42 Å². The first-order valence-corrected chi connectivity index (χ1v) is 8.95. The fraction of sp³-hybridized carbons (Fsp3) is 0.769. The van der Waals surface area contributed by atoms with Gasteiger partial charge in [-0.25, -0.2) is 13.4 Å². The zero-order chi connectivity index (χ0) is 16.4. The summed E-state index contributed by atoms with van der Waals surface area (Å²) in [5, 5.41) is 6.91. The fourth-order valence-electron chi connectivity index (χ4n) is 2.30. The Hall–Kier alpha value is -1.64. The lowest BCUT2D eigenvalue weighted by atomic mass is 10.2. The summed E-state index contributed by atoms with van der Waals surface area (Å²) in [5.41, 5.74) is 0. The lowest BCUT2D eigenvalue weighted by Crippen LogP contribution is -2.57. The van der Waals surface area contributed by atoms with E-state index < -0.39 is 14.6 Å². The molecule has 2 rings (SSSR count). The van der Waals surface area contributed by atoms with Crippen LogP contribution in [0.5, 0.6) is 0 Å². The Balaban J connectivity index is 2.14. The first-order valence-electron chi connectivity index (χ1n) is 7.30. The van der Waals surface area contributed by atoms with E-state index in [1.165, 1.54) is 0 Å². The molecule has 22 heavy (non-hydrogen) atoms. The number of nitrogens with zero attached hydrogens (tertiary/aromatic N) is 4. The number of hydrogen-bond donors (Lipinski definition) is 1. The van der Waals surface area contributed by atoms with Gasteiger partial charge in [0.2, 0.25) is 5.89 Å². The van der Waals surface area contributed by atoms with Gasteiger partial charge in [-0.15, -0.1) is 0 Å². The fourth-order valence-corrected chi connectivity index (χ4v) is 3.66. The molecule has 1 aliphatic rings. The maximum atomic E-state index is 12.1. The van der Waals surface area contributed by atoms with E-state index in [0.717, 1.165) is 0 Å². The van der Waals surface area contributed by atoms with Gasteiger partial charge in [0.25, 0.3) is 0 Å². The molecule has 0 unspecified atom stereocenters. The Labute approximate surface area is 130 Å². The van der Waals surface area contributed by atoms with E-state index in [4.69, 9.17) is 4.52 Å². The third-order valence-corrected chi connectivity index (χ3v) is 6.14. The second-order valence-corrected chi connectivity index (χ2v) is 8.65. The number of aromatic nitrogens is 2. The Kier molecular flexibility index (Phi) is 4.74. The van der Waals surface area contributed by atoms with E-state index in [-0.39, 0.29) is 12.3 Å². The van der Waals surface area contributed by atoms with Crippen LogP contribution in [0.2, 0.25) is 0 Å². The molecule has 9 heteroatoms. The van der Waals surface area contributed by atoms with Gasteiger partial charge in [0.15, 0.2) is 21.6 Å². The standard InChI is InChI=1S/C13H23N5O3S/c1-5-14-12(15-8-11-16-10(2)17-21-11)18-6-7-22(19,20)13(3,4)9-18/h5-9H2,1-4H3,(H,14,15). The van der Waals surface area contributed by atoms with E-state index in [1.807, 2.05) is 11.8 Å². The lowest BCUT2D eigenvalue weighted by Gasteiger charge is -2.39. The van der Waals surface area contributed by atoms with Gasteiger partial charge in [0.1, 0.15) is 6.54 Å². The van der Waals surface area contributed by atoms with Crippen LogP contribution in [0.3, 0.4) is 0 Å². The number of rotatable bonds is 3.